The lowest BCUT2D eigenvalue weighted by molar-refractivity contribution is 0.415. The molecule has 1 N–H and O–H groups in total. The number of sulfonamides is 1. The van der Waals surface area contributed by atoms with Gasteiger partial charge in [-0.05, 0) is 30.8 Å². The first-order valence-electron chi connectivity index (χ1n) is 7.48. The Hall–Kier alpha value is -0.0800. The van der Waals surface area contributed by atoms with Crippen molar-refractivity contribution in [1.29, 1.82) is 0 Å². The summed E-state index contributed by atoms with van der Waals surface area (Å²) in [6.45, 7) is 7.05. The molecule has 1 atom stereocenters. The van der Waals surface area contributed by atoms with E-state index in [1.54, 1.807) is 10.4 Å². The molecule has 120 valence electrons. The molecule has 1 aromatic rings. The van der Waals surface area contributed by atoms with Gasteiger partial charge in [-0.3, -0.25) is 0 Å². The maximum atomic E-state index is 12.9. The van der Waals surface area contributed by atoms with Gasteiger partial charge in [0.1, 0.15) is 0 Å². The standard InChI is InChI=1S/C14H24N2O2S3/c1-3-6-15-10-13-14(5-8-20-13)21(17,18)16-7-9-19-12(4-2)11-16/h5,8,12,15H,3-4,6-7,9-11H2,1-2H3. The first kappa shape index (κ1) is 17.3. The van der Waals surface area contributed by atoms with E-state index in [0.29, 0.717) is 29.8 Å². The summed E-state index contributed by atoms with van der Waals surface area (Å²) in [5.41, 5.74) is 0. The Kier molecular flexibility index (Phi) is 6.55. The van der Waals surface area contributed by atoms with Gasteiger partial charge in [0.15, 0.2) is 0 Å². The summed E-state index contributed by atoms with van der Waals surface area (Å²) < 4.78 is 27.4. The van der Waals surface area contributed by atoms with E-state index < -0.39 is 10.0 Å². The van der Waals surface area contributed by atoms with Crippen molar-refractivity contribution in [3.8, 4) is 0 Å². The molecule has 2 heterocycles. The van der Waals surface area contributed by atoms with E-state index in [0.717, 1.165) is 30.0 Å². The largest absolute Gasteiger partial charge is 0.312 e. The predicted octanol–water partition coefficient (Wildman–Crippen LogP) is 2.76. The van der Waals surface area contributed by atoms with Crippen LogP contribution in [-0.4, -0.2) is 43.4 Å². The van der Waals surface area contributed by atoms with Gasteiger partial charge < -0.3 is 5.32 Å². The van der Waals surface area contributed by atoms with E-state index in [1.807, 2.05) is 17.1 Å². The molecule has 1 saturated heterocycles. The van der Waals surface area contributed by atoms with Gasteiger partial charge in [-0.15, -0.1) is 11.3 Å². The van der Waals surface area contributed by atoms with E-state index in [9.17, 15) is 8.42 Å². The van der Waals surface area contributed by atoms with E-state index >= 15 is 0 Å². The lowest BCUT2D eigenvalue weighted by atomic mass is 10.3. The Morgan fingerprint density at radius 2 is 2.24 bits per heavy atom. The normalized spacial score (nSPS) is 20.8. The summed E-state index contributed by atoms with van der Waals surface area (Å²) in [5.74, 6) is 0.894. The lowest BCUT2D eigenvalue weighted by Crippen LogP contribution is -2.41. The zero-order valence-corrected chi connectivity index (χ0v) is 15.1. The number of hydrogen-bond donors (Lipinski definition) is 1. The average Bonchev–Trinajstić information content (AvgIpc) is 2.97. The van der Waals surface area contributed by atoms with E-state index in [4.69, 9.17) is 0 Å². The summed E-state index contributed by atoms with van der Waals surface area (Å²) in [5, 5.41) is 5.60. The number of thioether (sulfide) groups is 1. The molecule has 0 saturated carbocycles. The van der Waals surface area contributed by atoms with Crippen LogP contribution < -0.4 is 5.32 Å². The number of nitrogens with zero attached hydrogens (tertiary/aromatic N) is 1. The van der Waals surface area contributed by atoms with Crippen LogP contribution in [0.4, 0.5) is 0 Å². The fourth-order valence-corrected chi connectivity index (χ4v) is 6.62. The first-order valence-corrected chi connectivity index (χ1v) is 10.8. The van der Waals surface area contributed by atoms with Crippen LogP contribution in [0.1, 0.15) is 31.6 Å². The van der Waals surface area contributed by atoms with Crippen molar-refractivity contribution in [2.24, 2.45) is 0 Å². The highest BCUT2D eigenvalue weighted by molar-refractivity contribution is 8.00. The number of hydrogen-bond acceptors (Lipinski definition) is 5. The van der Waals surface area contributed by atoms with Gasteiger partial charge in [-0.2, -0.15) is 16.1 Å². The predicted molar refractivity (Wildman–Crippen MR) is 91.6 cm³/mol. The Morgan fingerprint density at radius 3 is 2.95 bits per heavy atom. The Morgan fingerprint density at radius 1 is 1.43 bits per heavy atom. The molecule has 0 aliphatic carbocycles. The van der Waals surface area contributed by atoms with Gasteiger partial charge >= 0.3 is 0 Å². The summed E-state index contributed by atoms with van der Waals surface area (Å²) in [4.78, 5) is 1.42. The second kappa shape index (κ2) is 7.97. The summed E-state index contributed by atoms with van der Waals surface area (Å²) in [6, 6.07) is 1.76. The number of nitrogens with one attached hydrogen (secondary N) is 1. The fraction of sp³-hybridized carbons (Fsp3) is 0.714. The molecule has 1 fully saturated rings. The van der Waals surface area contributed by atoms with E-state index in [-0.39, 0.29) is 0 Å². The highest BCUT2D eigenvalue weighted by Crippen LogP contribution is 2.29. The van der Waals surface area contributed by atoms with Crippen molar-refractivity contribution in [3.05, 3.63) is 16.3 Å². The van der Waals surface area contributed by atoms with Crippen LogP contribution in [0.15, 0.2) is 16.3 Å². The molecule has 1 aliphatic heterocycles. The fourth-order valence-electron chi connectivity index (χ4n) is 2.36. The molecule has 1 aliphatic rings. The quantitative estimate of drug-likeness (QED) is 0.770. The maximum Gasteiger partial charge on any atom is 0.244 e. The minimum atomic E-state index is -3.34. The molecule has 7 heteroatoms. The second-order valence-corrected chi connectivity index (χ2v) is 9.46. The van der Waals surface area contributed by atoms with Crippen molar-refractivity contribution in [3.63, 3.8) is 0 Å². The second-order valence-electron chi connectivity index (χ2n) is 5.15. The van der Waals surface area contributed by atoms with Crippen molar-refractivity contribution in [2.75, 3.05) is 25.4 Å². The summed E-state index contributed by atoms with van der Waals surface area (Å²) in [7, 11) is -3.34. The molecule has 1 aromatic heterocycles. The number of rotatable bonds is 7. The SMILES string of the molecule is CCCNCc1sccc1S(=O)(=O)N1CCSC(CC)C1. The van der Waals surface area contributed by atoms with E-state index in [1.165, 1.54) is 11.3 Å². The van der Waals surface area contributed by atoms with Gasteiger partial charge in [0.25, 0.3) is 0 Å². The minimum Gasteiger partial charge on any atom is -0.312 e. The molecule has 21 heavy (non-hydrogen) atoms. The van der Waals surface area contributed by atoms with Crippen molar-refractivity contribution in [1.82, 2.24) is 9.62 Å². The van der Waals surface area contributed by atoms with Crippen LogP contribution in [0.25, 0.3) is 0 Å². The third kappa shape index (κ3) is 4.22. The van der Waals surface area contributed by atoms with Crippen LogP contribution in [0, 0.1) is 0 Å². The summed E-state index contributed by atoms with van der Waals surface area (Å²) >= 11 is 3.41. The van der Waals surface area contributed by atoms with E-state index in [2.05, 4.69) is 19.2 Å². The molecular formula is C14H24N2O2S3. The Bertz CT molecular complexity index is 542. The Labute approximate surface area is 136 Å². The third-order valence-electron chi connectivity index (χ3n) is 3.59. The van der Waals surface area contributed by atoms with Crippen LogP contribution in [0.5, 0.6) is 0 Å². The van der Waals surface area contributed by atoms with Gasteiger partial charge in [-0.25, -0.2) is 8.42 Å². The zero-order chi connectivity index (χ0) is 15.3. The van der Waals surface area contributed by atoms with Gasteiger partial charge in [0.05, 0.1) is 4.90 Å². The molecule has 2 rings (SSSR count). The Balaban J connectivity index is 2.14. The van der Waals surface area contributed by atoms with Crippen LogP contribution in [0.3, 0.4) is 0 Å². The van der Waals surface area contributed by atoms with Crippen LogP contribution in [-0.2, 0) is 16.6 Å². The molecule has 0 bridgehead atoms. The molecule has 0 radical (unpaired) electrons. The molecule has 0 aromatic carbocycles. The zero-order valence-electron chi connectivity index (χ0n) is 12.7. The van der Waals surface area contributed by atoms with Crippen molar-refractivity contribution >= 4 is 33.1 Å². The molecule has 1 unspecified atom stereocenters. The highest BCUT2D eigenvalue weighted by Gasteiger charge is 2.31. The molecule has 4 nitrogen and oxygen atoms in total. The van der Waals surface area contributed by atoms with Crippen molar-refractivity contribution < 1.29 is 8.42 Å². The first-order chi connectivity index (χ1) is 10.1. The summed E-state index contributed by atoms with van der Waals surface area (Å²) in [6.07, 6.45) is 2.07. The monoisotopic (exact) mass is 348 g/mol. The van der Waals surface area contributed by atoms with Gasteiger partial charge in [-0.1, -0.05) is 13.8 Å². The average molecular weight is 349 g/mol. The highest BCUT2D eigenvalue weighted by atomic mass is 32.2. The van der Waals surface area contributed by atoms with Crippen LogP contribution >= 0.6 is 23.1 Å². The number of thiophene rings is 1. The topological polar surface area (TPSA) is 49.4 Å². The van der Waals surface area contributed by atoms with Crippen LogP contribution in [0.2, 0.25) is 0 Å². The van der Waals surface area contributed by atoms with Gasteiger partial charge in [0, 0.05) is 35.5 Å². The third-order valence-corrected chi connectivity index (χ3v) is 7.96. The van der Waals surface area contributed by atoms with Gasteiger partial charge in [0.2, 0.25) is 10.0 Å². The minimum absolute atomic E-state index is 0.425. The molecule has 0 amide bonds. The maximum absolute atomic E-state index is 12.9. The lowest BCUT2D eigenvalue weighted by Gasteiger charge is -2.31. The molecule has 0 spiro atoms. The smallest absolute Gasteiger partial charge is 0.244 e. The molecular weight excluding hydrogens is 324 g/mol. The van der Waals surface area contributed by atoms with Crippen molar-refractivity contribution in [2.45, 2.75) is 43.4 Å².